The summed E-state index contributed by atoms with van der Waals surface area (Å²) >= 11 is 2.12. The quantitative estimate of drug-likeness (QED) is 0.673. The molecule has 0 saturated carbocycles. The summed E-state index contributed by atoms with van der Waals surface area (Å²) in [6.07, 6.45) is 3.40. The lowest BCUT2D eigenvalue weighted by Gasteiger charge is -1.98. The Balaban J connectivity index is 2.62. The lowest BCUT2D eigenvalue weighted by atomic mass is 10.1. The minimum absolute atomic E-state index is 0.223. The zero-order chi connectivity index (χ0) is 12.4. The normalized spacial score (nSPS) is 11.1. The topological polar surface area (TPSA) is 67.5 Å². The minimum Gasteiger partial charge on any atom is -0.478 e. The van der Waals surface area contributed by atoms with Gasteiger partial charge in [-0.25, -0.2) is 4.79 Å². The second-order valence-electron chi connectivity index (χ2n) is 3.33. The van der Waals surface area contributed by atoms with E-state index in [1.807, 2.05) is 0 Å². The van der Waals surface area contributed by atoms with E-state index in [4.69, 9.17) is 9.52 Å². The highest BCUT2D eigenvalue weighted by molar-refractivity contribution is 14.1. The lowest BCUT2D eigenvalue weighted by molar-refractivity contribution is -0.131. The van der Waals surface area contributed by atoms with Gasteiger partial charge in [0.1, 0.15) is 11.8 Å². The molecule has 0 aliphatic carbocycles. The van der Waals surface area contributed by atoms with Crippen LogP contribution in [0.5, 0.6) is 0 Å². The number of hydrogen-bond acceptors (Lipinski definition) is 3. The van der Waals surface area contributed by atoms with Gasteiger partial charge in [-0.2, -0.15) is 0 Å². The summed E-state index contributed by atoms with van der Waals surface area (Å²) in [5.74, 6) is -1.10. The van der Waals surface area contributed by atoms with E-state index < -0.39 is 5.97 Å². The number of aliphatic carboxylic acids is 1. The fraction of sp³-hybridized carbons (Fsp3) is 0. The first kappa shape index (κ1) is 11.8. The first-order valence-electron chi connectivity index (χ1n) is 4.70. The lowest BCUT2D eigenvalue weighted by Crippen LogP contribution is -2.05. The molecule has 17 heavy (non-hydrogen) atoms. The van der Waals surface area contributed by atoms with Gasteiger partial charge in [-0.05, 0) is 46.9 Å². The van der Waals surface area contributed by atoms with Crippen LogP contribution < -0.4 is 5.43 Å². The number of benzene rings is 1. The van der Waals surface area contributed by atoms with E-state index in [2.05, 4.69) is 22.6 Å². The van der Waals surface area contributed by atoms with Gasteiger partial charge in [0.05, 0.1) is 10.9 Å². The van der Waals surface area contributed by atoms with Crippen LogP contribution in [-0.2, 0) is 4.79 Å². The highest BCUT2D eigenvalue weighted by atomic mass is 127. The molecule has 2 aromatic rings. The van der Waals surface area contributed by atoms with Crippen molar-refractivity contribution in [2.24, 2.45) is 0 Å². The molecule has 5 heteroatoms. The maximum atomic E-state index is 11.9. The van der Waals surface area contributed by atoms with Crippen molar-refractivity contribution in [1.29, 1.82) is 0 Å². The van der Waals surface area contributed by atoms with E-state index in [9.17, 15) is 9.59 Å². The zero-order valence-corrected chi connectivity index (χ0v) is 10.7. The van der Waals surface area contributed by atoms with Crippen molar-refractivity contribution in [1.82, 2.24) is 0 Å². The first-order chi connectivity index (χ1) is 8.08. The minimum atomic E-state index is -1.10. The molecule has 0 amide bonds. The Morgan fingerprint density at radius 1 is 1.41 bits per heavy atom. The van der Waals surface area contributed by atoms with E-state index >= 15 is 0 Å². The number of rotatable bonds is 2. The summed E-state index contributed by atoms with van der Waals surface area (Å²) in [4.78, 5) is 22.3. The van der Waals surface area contributed by atoms with Gasteiger partial charge in [-0.3, -0.25) is 4.79 Å². The molecule has 1 aromatic carbocycles. The van der Waals surface area contributed by atoms with Crippen molar-refractivity contribution < 1.29 is 14.3 Å². The predicted octanol–water partition coefficient (Wildman–Crippen LogP) is 2.50. The van der Waals surface area contributed by atoms with Gasteiger partial charge >= 0.3 is 5.97 Å². The Morgan fingerprint density at radius 2 is 2.18 bits per heavy atom. The van der Waals surface area contributed by atoms with Crippen molar-refractivity contribution in [3.05, 3.63) is 49.9 Å². The Kier molecular flexibility index (Phi) is 3.28. The van der Waals surface area contributed by atoms with Crippen LogP contribution in [0.1, 0.15) is 5.56 Å². The van der Waals surface area contributed by atoms with E-state index in [1.54, 1.807) is 18.2 Å². The van der Waals surface area contributed by atoms with Gasteiger partial charge in [0, 0.05) is 9.65 Å². The fourth-order valence-corrected chi connectivity index (χ4v) is 1.86. The van der Waals surface area contributed by atoms with Crippen LogP contribution in [0.3, 0.4) is 0 Å². The number of carbonyl (C=O) groups is 1. The first-order valence-corrected chi connectivity index (χ1v) is 5.78. The molecular formula is C12H7IO4. The van der Waals surface area contributed by atoms with Crippen LogP contribution in [0.4, 0.5) is 0 Å². The van der Waals surface area contributed by atoms with Crippen molar-refractivity contribution >= 4 is 45.6 Å². The number of fused-ring (bicyclic) bond motifs is 1. The number of carboxylic acids is 1. The Bertz CT molecular complexity index is 670. The smallest absolute Gasteiger partial charge is 0.328 e. The Labute approximate surface area is 110 Å². The Morgan fingerprint density at radius 3 is 2.88 bits per heavy atom. The molecule has 0 atom stereocenters. The molecular weight excluding hydrogens is 335 g/mol. The SMILES string of the molecule is O=C(O)C=Cc1coc2cc(I)ccc2c1=O. The summed E-state index contributed by atoms with van der Waals surface area (Å²) in [5, 5.41) is 8.94. The van der Waals surface area contributed by atoms with Gasteiger partial charge in [0.25, 0.3) is 0 Å². The molecule has 0 spiro atoms. The van der Waals surface area contributed by atoms with Gasteiger partial charge in [-0.15, -0.1) is 0 Å². The maximum Gasteiger partial charge on any atom is 0.328 e. The third kappa shape index (κ3) is 2.55. The number of hydrogen-bond donors (Lipinski definition) is 1. The molecule has 0 aliphatic heterocycles. The van der Waals surface area contributed by atoms with E-state index in [0.717, 1.165) is 9.65 Å². The van der Waals surface area contributed by atoms with Crippen molar-refractivity contribution in [2.75, 3.05) is 0 Å². The van der Waals surface area contributed by atoms with Crippen LogP contribution in [0.15, 0.2) is 39.7 Å². The van der Waals surface area contributed by atoms with E-state index in [1.165, 1.54) is 12.3 Å². The summed E-state index contributed by atoms with van der Waals surface area (Å²) in [6, 6.07) is 5.22. The monoisotopic (exact) mass is 342 g/mol. The molecule has 0 unspecified atom stereocenters. The third-order valence-corrected chi connectivity index (χ3v) is 2.84. The molecule has 1 aromatic heterocycles. The number of halogens is 1. The van der Waals surface area contributed by atoms with Crippen LogP contribution in [-0.4, -0.2) is 11.1 Å². The molecule has 0 saturated heterocycles. The van der Waals surface area contributed by atoms with Crippen LogP contribution in [0, 0.1) is 3.57 Å². The van der Waals surface area contributed by atoms with Gasteiger partial charge in [0.15, 0.2) is 5.43 Å². The summed E-state index contributed by atoms with van der Waals surface area (Å²) in [5.41, 5.74) is 0.482. The van der Waals surface area contributed by atoms with Crippen LogP contribution >= 0.6 is 22.6 Å². The predicted molar refractivity (Wildman–Crippen MR) is 71.9 cm³/mol. The average Bonchev–Trinajstić information content (AvgIpc) is 2.27. The molecule has 0 aliphatic rings. The highest BCUT2D eigenvalue weighted by Crippen LogP contribution is 2.15. The van der Waals surface area contributed by atoms with Gasteiger partial charge in [0.2, 0.25) is 0 Å². The maximum absolute atomic E-state index is 11.9. The average molecular weight is 342 g/mol. The largest absolute Gasteiger partial charge is 0.478 e. The second kappa shape index (κ2) is 4.70. The molecule has 0 bridgehead atoms. The molecule has 0 fully saturated rings. The molecule has 86 valence electrons. The fourth-order valence-electron chi connectivity index (χ4n) is 1.39. The highest BCUT2D eigenvalue weighted by Gasteiger charge is 2.05. The molecule has 4 nitrogen and oxygen atoms in total. The molecule has 1 N–H and O–H groups in total. The Hall–Kier alpha value is -1.63. The summed E-state index contributed by atoms with van der Waals surface area (Å²) in [6.45, 7) is 0. The zero-order valence-electron chi connectivity index (χ0n) is 8.51. The van der Waals surface area contributed by atoms with Crippen molar-refractivity contribution in [3.8, 4) is 0 Å². The van der Waals surface area contributed by atoms with Crippen molar-refractivity contribution in [2.45, 2.75) is 0 Å². The van der Waals surface area contributed by atoms with E-state index in [-0.39, 0.29) is 11.0 Å². The molecule has 2 rings (SSSR count). The van der Waals surface area contributed by atoms with Gasteiger partial charge in [-0.1, -0.05) is 0 Å². The number of carboxylic acid groups (broad SMARTS) is 1. The molecule has 1 heterocycles. The third-order valence-electron chi connectivity index (χ3n) is 2.17. The van der Waals surface area contributed by atoms with E-state index in [0.29, 0.717) is 11.0 Å². The van der Waals surface area contributed by atoms with Crippen LogP contribution in [0.2, 0.25) is 0 Å². The second-order valence-corrected chi connectivity index (χ2v) is 4.58. The van der Waals surface area contributed by atoms with Crippen LogP contribution in [0.25, 0.3) is 17.0 Å². The summed E-state index contributed by atoms with van der Waals surface area (Å²) in [7, 11) is 0. The van der Waals surface area contributed by atoms with Gasteiger partial charge < -0.3 is 9.52 Å². The summed E-state index contributed by atoms with van der Waals surface area (Å²) < 4.78 is 6.25. The standard InChI is InChI=1S/C12H7IO4/c13-8-2-3-9-10(5-8)17-6-7(12(9)16)1-4-11(14)15/h1-6H,(H,14,15). The molecule has 0 radical (unpaired) electrons. The van der Waals surface area contributed by atoms with Crippen molar-refractivity contribution in [3.63, 3.8) is 0 Å².